The van der Waals surface area contributed by atoms with Gasteiger partial charge in [0.15, 0.2) is 5.67 Å². The van der Waals surface area contributed by atoms with Crippen molar-refractivity contribution in [2.45, 2.75) is 19.0 Å². The van der Waals surface area contributed by atoms with Crippen LogP contribution in [0.4, 0.5) is 4.39 Å². The zero-order valence-electron chi connectivity index (χ0n) is 13.6. The Labute approximate surface area is 141 Å². The van der Waals surface area contributed by atoms with Gasteiger partial charge in [-0.1, -0.05) is 91.9 Å². The van der Waals surface area contributed by atoms with Gasteiger partial charge >= 0.3 is 0 Å². The fourth-order valence-corrected chi connectivity index (χ4v) is 2.87. The summed E-state index contributed by atoms with van der Waals surface area (Å²) in [4.78, 5) is 12.8. The lowest BCUT2D eigenvalue weighted by Crippen LogP contribution is -2.30. The molecule has 0 unspecified atom stereocenters. The van der Waals surface area contributed by atoms with Crippen molar-refractivity contribution in [1.82, 2.24) is 0 Å². The molecule has 3 aromatic carbocycles. The third-order valence-electron chi connectivity index (χ3n) is 4.33. The van der Waals surface area contributed by atoms with Gasteiger partial charge in [-0.2, -0.15) is 0 Å². The number of carbonyl (C=O) groups excluding carboxylic acids is 1. The summed E-state index contributed by atoms with van der Waals surface area (Å²) in [7, 11) is 0. The van der Waals surface area contributed by atoms with Gasteiger partial charge in [-0.3, -0.25) is 4.79 Å². The minimum atomic E-state index is -1.99. The molecule has 120 valence electrons. The number of alkyl halides is 1. The Morgan fingerprint density at radius 3 is 1.83 bits per heavy atom. The molecule has 0 spiro atoms. The van der Waals surface area contributed by atoms with E-state index in [0.717, 1.165) is 11.1 Å². The molecule has 0 N–H and O–H groups in total. The Kier molecular flexibility index (Phi) is 4.57. The van der Waals surface area contributed by atoms with Gasteiger partial charge in [-0.25, -0.2) is 4.39 Å². The monoisotopic (exact) mass is 318 g/mol. The van der Waals surface area contributed by atoms with E-state index in [1.807, 2.05) is 48.5 Å². The molecule has 0 fully saturated rings. The van der Waals surface area contributed by atoms with Crippen LogP contribution in [0.15, 0.2) is 84.9 Å². The summed E-state index contributed by atoms with van der Waals surface area (Å²) >= 11 is 0. The van der Waals surface area contributed by atoms with Crippen molar-refractivity contribution < 1.29 is 9.18 Å². The van der Waals surface area contributed by atoms with E-state index in [9.17, 15) is 4.79 Å². The molecule has 0 aliphatic heterocycles. The summed E-state index contributed by atoms with van der Waals surface area (Å²) in [5, 5.41) is 0. The molecule has 0 radical (unpaired) electrons. The molecule has 3 aromatic rings. The first-order chi connectivity index (χ1) is 11.6. The Morgan fingerprint density at radius 2 is 1.29 bits per heavy atom. The van der Waals surface area contributed by atoms with Gasteiger partial charge < -0.3 is 0 Å². The molecule has 0 bridgehead atoms. The molecule has 1 atom stereocenters. The number of benzene rings is 3. The fraction of sp³-hybridized carbons (Fsp3) is 0.136. The van der Waals surface area contributed by atoms with E-state index in [0.29, 0.717) is 11.1 Å². The molecule has 3 rings (SSSR count). The van der Waals surface area contributed by atoms with Crippen molar-refractivity contribution in [3.63, 3.8) is 0 Å². The Bertz CT molecular complexity index is 810. The number of Topliss-reactive ketones (excluding diaryl/α,β-unsaturated/α-hetero) is 1. The number of ketones is 1. The van der Waals surface area contributed by atoms with Gasteiger partial charge in [-0.05, 0) is 23.1 Å². The lowest BCUT2D eigenvalue weighted by Gasteiger charge is -2.23. The minimum Gasteiger partial charge on any atom is -0.290 e. The summed E-state index contributed by atoms with van der Waals surface area (Å²) in [6, 6.07) is 25.7. The summed E-state index contributed by atoms with van der Waals surface area (Å²) in [5.41, 5.74) is 0.886. The zero-order valence-corrected chi connectivity index (χ0v) is 13.6. The van der Waals surface area contributed by atoms with Crippen molar-refractivity contribution >= 4 is 5.78 Å². The second-order valence-corrected chi connectivity index (χ2v) is 5.79. The summed E-state index contributed by atoms with van der Waals surface area (Å²) < 4.78 is 15.4. The molecule has 0 saturated carbocycles. The van der Waals surface area contributed by atoms with Crippen LogP contribution in [0.1, 0.15) is 29.3 Å². The molecule has 0 aromatic heterocycles. The first kappa shape index (κ1) is 16.1. The Balaban J connectivity index is 1.92. The van der Waals surface area contributed by atoms with E-state index in [4.69, 9.17) is 0 Å². The highest BCUT2D eigenvalue weighted by molar-refractivity contribution is 6.03. The molecule has 24 heavy (non-hydrogen) atoms. The highest BCUT2D eigenvalue weighted by Crippen LogP contribution is 2.34. The second-order valence-electron chi connectivity index (χ2n) is 5.79. The van der Waals surface area contributed by atoms with E-state index < -0.39 is 11.5 Å². The molecule has 2 heteroatoms. The van der Waals surface area contributed by atoms with Crippen LogP contribution < -0.4 is 0 Å². The standard InChI is InChI=1S/C22H19FO/c1-2-22(23,20-11-7-4-8-12-20)21(24)19-15-13-18(14-16-19)17-9-5-3-6-10-17/h3-16H,2H2,1H3/t22-/m1/s1. The molecule has 1 nitrogen and oxygen atoms in total. The first-order valence-corrected chi connectivity index (χ1v) is 8.10. The number of halogens is 1. The SMILES string of the molecule is CC[C@](F)(C(=O)c1ccc(-c2ccccc2)cc1)c1ccccc1. The molecule has 0 amide bonds. The van der Waals surface area contributed by atoms with Gasteiger partial charge in [0.1, 0.15) is 0 Å². The molecule has 0 saturated heterocycles. The largest absolute Gasteiger partial charge is 0.290 e. The van der Waals surface area contributed by atoms with Crippen LogP contribution in [-0.4, -0.2) is 5.78 Å². The molecule has 0 aliphatic rings. The van der Waals surface area contributed by atoms with Crippen LogP contribution in [0.25, 0.3) is 11.1 Å². The van der Waals surface area contributed by atoms with E-state index in [-0.39, 0.29) is 6.42 Å². The zero-order chi connectivity index (χ0) is 17.0. The van der Waals surface area contributed by atoms with Gasteiger partial charge in [0, 0.05) is 5.56 Å². The van der Waals surface area contributed by atoms with Crippen LogP contribution >= 0.6 is 0 Å². The van der Waals surface area contributed by atoms with Crippen LogP contribution in [0.5, 0.6) is 0 Å². The highest BCUT2D eigenvalue weighted by atomic mass is 19.1. The molecular weight excluding hydrogens is 299 g/mol. The van der Waals surface area contributed by atoms with Gasteiger partial charge in [0.2, 0.25) is 5.78 Å². The van der Waals surface area contributed by atoms with Crippen LogP contribution in [0, 0.1) is 0 Å². The molecule has 0 aliphatic carbocycles. The van der Waals surface area contributed by atoms with Gasteiger partial charge in [0.25, 0.3) is 0 Å². The summed E-state index contributed by atoms with van der Waals surface area (Å²) in [6.07, 6.45) is 0.107. The Hall–Kier alpha value is -2.74. The normalized spacial score (nSPS) is 13.2. The average Bonchev–Trinajstić information content (AvgIpc) is 2.68. The third kappa shape index (κ3) is 3.00. The number of hydrogen-bond acceptors (Lipinski definition) is 1. The van der Waals surface area contributed by atoms with Crippen molar-refractivity contribution in [2.75, 3.05) is 0 Å². The van der Waals surface area contributed by atoms with Gasteiger partial charge in [0.05, 0.1) is 0 Å². The highest BCUT2D eigenvalue weighted by Gasteiger charge is 2.38. The maximum absolute atomic E-state index is 15.4. The van der Waals surface area contributed by atoms with E-state index >= 15 is 4.39 Å². The van der Waals surface area contributed by atoms with Crippen LogP contribution in [-0.2, 0) is 5.67 Å². The van der Waals surface area contributed by atoms with E-state index in [2.05, 4.69) is 0 Å². The predicted molar refractivity (Wildman–Crippen MR) is 95.7 cm³/mol. The third-order valence-corrected chi connectivity index (χ3v) is 4.33. The quantitative estimate of drug-likeness (QED) is 0.542. The minimum absolute atomic E-state index is 0.107. The van der Waals surface area contributed by atoms with Crippen LogP contribution in [0.3, 0.4) is 0 Å². The smallest absolute Gasteiger partial charge is 0.204 e. The maximum Gasteiger partial charge on any atom is 0.204 e. The summed E-state index contributed by atoms with van der Waals surface area (Å²) in [6.45, 7) is 1.70. The average molecular weight is 318 g/mol. The summed E-state index contributed by atoms with van der Waals surface area (Å²) in [5.74, 6) is -0.490. The predicted octanol–water partition coefficient (Wildman–Crippen LogP) is 5.81. The first-order valence-electron chi connectivity index (χ1n) is 8.10. The number of carbonyl (C=O) groups is 1. The molecule has 0 heterocycles. The van der Waals surface area contributed by atoms with Crippen molar-refractivity contribution in [3.05, 3.63) is 96.1 Å². The lowest BCUT2D eigenvalue weighted by molar-refractivity contribution is 0.0666. The second kappa shape index (κ2) is 6.79. The lowest BCUT2D eigenvalue weighted by atomic mass is 9.85. The van der Waals surface area contributed by atoms with Crippen molar-refractivity contribution in [3.8, 4) is 11.1 Å². The maximum atomic E-state index is 15.4. The van der Waals surface area contributed by atoms with Crippen LogP contribution in [0.2, 0.25) is 0 Å². The van der Waals surface area contributed by atoms with E-state index in [1.54, 1.807) is 43.3 Å². The van der Waals surface area contributed by atoms with Gasteiger partial charge in [-0.15, -0.1) is 0 Å². The molecular formula is C22H19FO. The number of rotatable bonds is 5. The van der Waals surface area contributed by atoms with Crippen molar-refractivity contribution in [1.29, 1.82) is 0 Å². The Morgan fingerprint density at radius 1 is 0.792 bits per heavy atom. The van der Waals surface area contributed by atoms with E-state index in [1.165, 1.54) is 0 Å². The number of hydrogen-bond donors (Lipinski definition) is 0. The topological polar surface area (TPSA) is 17.1 Å². The fourth-order valence-electron chi connectivity index (χ4n) is 2.87. The van der Waals surface area contributed by atoms with Crippen molar-refractivity contribution in [2.24, 2.45) is 0 Å².